The minimum atomic E-state index is 1.02. The molecule has 0 aromatic heterocycles. The fraction of sp³-hybridized carbons (Fsp3) is 0.500. The van der Waals surface area contributed by atoms with E-state index in [2.05, 4.69) is 53.0 Å². The Labute approximate surface area is 99.4 Å². The Morgan fingerprint density at radius 2 is 2.21 bits per heavy atom. The number of rotatable bonds is 4. The molecule has 0 spiro atoms. The lowest BCUT2D eigenvalue weighted by molar-refractivity contribution is 0.760. The van der Waals surface area contributed by atoms with Crippen LogP contribution in [0.25, 0.3) is 0 Å². The van der Waals surface area contributed by atoms with E-state index in [-0.39, 0.29) is 0 Å². The van der Waals surface area contributed by atoms with Crippen molar-refractivity contribution in [1.29, 1.82) is 0 Å². The van der Waals surface area contributed by atoms with Crippen molar-refractivity contribution < 1.29 is 0 Å². The van der Waals surface area contributed by atoms with Crippen LogP contribution in [0.4, 0.5) is 5.69 Å². The van der Waals surface area contributed by atoms with Gasteiger partial charge in [0.15, 0.2) is 0 Å². The van der Waals surface area contributed by atoms with Crippen molar-refractivity contribution in [3.63, 3.8) is 0 Å². The zero-order chi connectivity index (χ0) is 9.97. The van der Waals surface area contributed by atoms with Crippen LogP contribution >= 0.6 is 22.6 Å². The van der Waals surface area contributed by atoms with Crippen LogP contribution < -0.4 is 5.32 Å². The number of hydrogen-bond acceptors (Lipinski definition) is 1. The van der Waals surface area contributed by atoms with E-state index in [0.717, 1.165) is 12.5 Å². The van der Waals surface area contributed by atoms with Gasteiger partial charge in [-0.25, -0.2) is 0 Å². The van der Waals surface area contributed by atoms with E-state index >= 15 is 0 Å². The van der Waals surface area contributed by atoms with Crippen molar-refractivity contribution in [2.45, 2.75) is 26.2 Å². The molecule has 14 heavy (non-hydrogen) atoms. The van der Waals surface area contributed by atoms with E-state index < -0.39 is 0 Å². The van der Waals surface area contributed by atoms with E-state index in [0.29, 0.717) is 0 Å². The van der Waals surface area contributed by atoms with E-state index in [9.17, 15) is 0 Å². The molecule has 1 N–H and O–H groups in total. The third-order valence-electron chi connectivity index (χ3n) is 2.76. The maximum atomic E-state index is 3.52. The molecule has 0 bridgehead atoms. The van der Waals surface area contributed by atoms with Gasteiger partial charge in [-0.3, -0.25) is 0 Å². The third kappa shape index (κ3) is 2.87. The molecule has 2 heteroatoms. The summed E-state index contributed by atoms with van der Waals surface area (Å²) in [7, 11) is 0. The molecule has 1 nitrogen and oxygen atoms in total. The second kappa shape index (κ2) is 4.51. The maximum Gasteiger partial charge on any atom is 0.0380 e. The summed E-state index contributed by atoms with van der Waals surface area (Å²) in [5, 5.41) is 3.52. The zero-order valence-corrected chi connectivity index (χ0v) is 10.7. The summed E-state index contributed by atoms with van der Waals surface area (Å²) in [6, 6.07) is 6.56. The van der Waals surface area contributed by atoms with Crippen LogP contribution in [-0.2, 0) is 0 Å². The SMILES string of the molecule is Cc1ccc(I)cc1NCCC1CC1. The standard InChI is InChI=1S/C12H16IN/c1-9-2-5-11(13)8-12(9)14-7-6-10-3-4-10/h2,5,8,10,14H,3-4,6-7H2,1H3. The lowest BCUT2D eigenvalue weighted by Gasteiger charge is -2.09. The number of halogens is 1. The van der Waals surface area contributed by atoms with Crippen molar-refractivity contribution in [2.24, 2.45) is 5.92 Å². The molecule has 1 saturated carbocycles. The normalized spacial score (nSPS) is 15.6. The monoisotopic (exact) mass is 301 g/mol. The molecule has 1 fully saturated rings. The Kier molecular flexibility index (Phi) is 3.31. The molecule has 1 aliphatic carbocycles. The molecule has 0 aliphatic heterocycles. The second-order valence-electron chi connectivity index (χ2n) is 4.12. The first-order valence-electron chi connectivity index (χ1n) is 5.26. The lowest BCUT2D eigenvalue weighted by Crippen LogP contribution is -2.03. The van der Waals surface area contributed by atoms with Crippen molar-refractivity contribution in [3.05, 3.63) is 27.3 Å². The molecule has 1 aromatic rings. The Hall–Kier alpha value is -0.250. The van der Waals surface area contributed by atoms with Gasteiger partial charge in [-0.15, -0.1) is 0 Å². The van der Waals surface area contributed by atoms with Gasteiger partial charge < -0.3 is 5.32 Å². The van der Waals surface area contributed by atoms with Crippen LogP contribution in [0.5, 0.6) is 0 Å². The first kappa shape index (κ1) is 10.3. The van der Waals surface area contributed by atoms with Gasteiger partial charge in [0.25, 0.3) is 0 Å². The van der Waals surface area contributed by atoms with Gasteiger partial charge in [0.2, 0.25) is 0 Å². The van der Waals surface area contributed by atoms with Crippen molar-refractivity contribution >= 4 is 28.3 Å². The zero-order valence-electron chi connectivity index (χ0n) is 8.52. The molecular weight excluding hydrogens is 285 g/mol. The molecule has 1 aromatic carbocycles. The summed E-state index contributed by atoms with van der Waals surface area (Å²) in [5.74, 6) is 1.02. The van der Waals surface area contributed by atoms with Gasteiger partial charge in [0.05, 0.1) is 0 Å². The highest BCUT2D eigenvalue weighted by atomic mass is 127. The van der Waals surface area contributed by atoms with Gasteiger partial charge in [-0.1, -0.05) is 18.9 Å². The van der Waals surface area contributed by atoms with E-state index in [1.165, 1.54) is 34.1 Å². The Balaban J connectivity index is 1.89. The minimum absolute atomic E-state index is 1.02. The van der Waals surface area contributed by atoms with Gasteiger partial charge in [-0.2, -0.15) is 0 Å². The first-order chi connectivity index (χ1) is 6.75. The first-order valence-corrected chi connectivity index (χ1v) is 6.33. The maximum absolute atomic E-state index is 3.52. The molecule has 2 rings (SSSR count). The lowest BCUT2D eigenvalue weighted by atomic mass is 10.2. The number of hydrogen-bond donors (Lipinski definition) is 1. The van der Waals surface area contributed by atoms with Crippen molar-refractivity contribution in [2.75, 3.05) is 11.9 Å². The smallest absolute Gasteiger partial charge is 0.0380 e. The van der Waals surface area contributed by atoms with Gasteiger partial charge in [0.1, 0.15) is 0 Å². The van der Waals surface area contributed by atoms with Crippen LogP contribution in [0.2, 0.25) is 0 Å². The van der Waals surface area contributed by atoms with Crippen LogP contribution in [0.1, 0.15) is 24.8 Å². The predicted octanol–water partition coefficient (Wildman–Crippen LogP) is 3.81. The Morgan fingerprint density at radius 3 is 2.93 bits per heavy atom. The topological polar surface area (TPSA) is 12.0 Å². The Bertz CT molecular complexity index is 318. The van der Waals surface area contributed by atoms with Crippen molar-refractivity contribution in [1.82, 2.24) is 0 Å². The highest BCUT2D eigenvalue weighted by Gasteiger charge is 2.20. The number of benzene rings is 1. The summed E-state index contributed by atoms with van der Waals surface area (Å²) in [6.07, 6.45) is 4.24. The van der Waals surface area contributed by atoms with Gasteiger partial charge >= 0.3 is 0 Å². The van der Waals surface area contributed by atoms with Gasteiger partial charge in [-0.05, 0) is 59.5 Å². The average molecular weight is 301 g/mol. The highest BCUT2D eigenvalue weighted by Crippen LogP contribution is 2.32. The number of anilines is 1. The fourth-order valence-corrected chi connectivity index (χ4v) is 2.09. The molecule has 76 valence electrons. The molecule has 1 aliphatic rings. The van der Waals surface area contributed by atoms with Crippen molar-refractivity contribution in [3.8, 4) is 0 Å². The van der Waals surface area contributed by atoms with Gasteiger partial charge in [0, 0.05) is 15.8 Å². The molecular formula is C12H16IN. The molecule has 0 amide bonds. The molecule has 0 unspecified atom stereocenters. The Morgan fingerprint density at radius 1 is 1.43 bits per heavy atom. The van der Waals surface area contributed by atoms with Crippen LogP contribution in [0, 0.1) is 16.4 Å². The summed E-state index contributed by atoms with van der Waals surface area (Å²) < 4.78 is 1.31. The van der Waals surface area contributed by atoms with Crippen LogP contribution in [-0.4, -0.2) is 6.54 Å². The largest absolute Gasteiger partial charge is 0.385 e. The molecule has 0 atom stereocenters. The molecule has 0 heterocycles. The third-order valence-corrected chi connectivity index (χ3v) is 3.44. The summed E-state index contributed by atoms with van der Waals surface area (Å²) in [6.45, 7) is 3.29. The summed E-state index contributed by atoms with van der Waals surface area (Å²) in [4.78, 5) is 0. The average Bonchev–Trinajstić information content (AvgIpc) is 2.95. The number of aryl methyl sites for hydroxylation is 1. The molecule has 0 saturated heterocycles. The highest BCUT2D eigenvalue weighted by molar-refractivity contribution is 14.1. The quantitative estimate of drug-likeness (QED) is 0.834. The second-order valence-corrected chi connectivity index (χ2v) is 5.36. The summed E-state index contributed by atoms with van der Waals surface area (Å²) >= 11 is 2.36. The summed E-state index contributed by atoms with van der Waals surface area (Å²) in [5.41, 5.74) is 2.65. The predicted molar refractivity (Wildman–Crippen MR) is 69.7 cm³/mol. The van der Waals surface area contributed by atoms with Crippen LogP contribution in [0.15, 0.2) is 18.2 Å². The van der Waals surface area contributed by atoms with E-state index in [4.69, 9.17) is 0 Å². The minimum Gasteiger partial charge on any atom is -0.385 e. The van der Waals surface area contributed by atoms with E-state index in [1.54, 1.807) is 0 Å². The van der Waals surface area contributed by atoms with Crippen LogP contribution in [0.3, 0.4) is 0 Å². The number of nitrogens with one attached hydrogen (secondary N) is 1. The fourth-order valence-electron chi connectivity index (χ4n) is 1.60. The molecule has 0 radical (unpaired) electrons. The van der Waals surface area contributed by atoms with E-state index in [1.807, 2.05) is 0 Å².